The van der Waals surface area contributed by atoms with E-state index in [9.17, 15) is 9.59 Å². The third kappa shape index (κ3) is 1.83. The highest BCUT2D eigenvalue weighted by atomic mass is 16.5. The zero-order valence-corrected chi connectivity index (χ0v) is 9.68. The van der Waals surface area contributed by atoms with E-state index >= 15 is 0 Å². The maximum Gasteiger partial charge on any atom is 0.341 e. The summed E-state index contributed by atoms with van der Waals surface area (Å²) >= 11 is 0. The number of nitrogens with zero attached hydrogens (tertiary/aromatic N) is 2. The van der Waals surface area contributed by atoms with Crippen LogP contribution in [0.3, 0.4) is 0 Å². The Morgan fingerprint density at radius 2 is 1.33 bits per heavy atom. The summed E-state index contributed by atoms with van der Waals surface area (Å²) in [6.07, 6.45) is 2.62. The highest BCUT2D eigenvalue weighted by Gasteiger charge is 2.22. The number of rotatable bonds is 3. The molecule has 0 fully saturated rings. The van der Waals surface area contributed by atoms with Gasteiger partial charge in [-0.25, -0.2) is 9.59 Å². The highest BCUT2D eigenvalue weighted by Crippen LogP contribution is 2.23. The van der Waals surface area contributed by atoms with Crippen molar-refractivity contribution < 1.29 is 19.1 Å². The van der Waals surface area contributed by atoms with E-state index in [2.05, 4.69) is 29.9 Å². The molecule has 0 aliphatic heterocycles. The lowest BCUT2D eigenvalue weighted by atomic mass is 10.1. The van der Waals surface area contributed by atoms with Crippen molar-refractivity contribution in [3.05, 3.63) is 23.5 Å². The van der Waals surface area contributed by atoms with Crippen LogP contribution in [0.25, 0.3) is 11.4 Å². The molecule has 8 heteroatoms. The van der Waals surface area contributed by atoms with Gasteiger partial charge in [-0.05, 0) is 0 Å². The zero-order chi connectivity index (χ0) is 13.1. The predicted octanol–water partition coefficient (Wildman–Crippen LogP) is 0.373. The zero-order valence-electron chi connectivity index (χ0n) is 9.68. The Morgan fingerprint density at radius 1 is 0.944 bits per heavy atom. The van der Waals surface area contributed by atoms with Crippen LogP contribution in [-0.2, 0) is 9.47 Å². The Hall–Kier alpha value is -2.64. The predicted molar refractivity (Wildman–Crippen MR) is 58.8 cm³/mol. The fourth-order valence-corrected chi connectivity index (χ4v) is 1.48. The second-order valence-electron chi connectivity index (χ2n) is 3.30. The Morgan fingerprint density at radius 3 is 1.67 bits per heavy atom. The van der Waals surface area contributed by atoms with Gasteiger partial charge in [0.05, 0.1) is 38.0 Å². The van der Waals surface area contributed by atoms with Gasteiger partial charge in [0, 0.05) is 0 Å². The quantitative estimate of drug-likeness (QED) is 0.761. The van der Waals surface area contributed by atoms with E-state index in [-0.39, 0.29) is 11.1 Å². The summed E-state index contributed by atoms with van der Waals surface area (Å²) in [7, 11) is 2.51. The molecule has 2 aromatic rings. The van der Waals surface area contributed by atoms with Crippen molar-refractivity contribution in [2.24, 2.45) is 0 Å². The number of nitrogens with one attached hydrogen (secondary N) is 2. The molecule has 2 N–H and O–H groups in total. The molecule has 0 aromatic carbocycles. The van der Waals surface area contributed by atoms with Crippen LogP contribution >= 0.6 is 0 Å². The molecule has 0 bridgehead atoms. The van der Waals surface area contributed by atoms with Crippen LogP contribution in [-0.4, -0.2) is 46.6 Å². The number of carbonyl (C=O) groups excluding carboxylic acids is 2. The van der Waals surface area contributed by atoms with Crippen LogP contribution in [0, 0.1) is 0 Å². The van der Waals surface area contributed by atoms with E-state index in [0.29, 0.717) is 11.4 Å². The van der Waals surface area contributed by atoms with Crippen LogP contribution < -0.4 is 0 Å². The number of hydrogen-bond acceptors (Lipinski definition) is 6. The van der Waals surface area contributed by atoms with Crippen molar-refractivity contribution in [3.8, 4) is 11.4 Å². The van der Waals surface area contributed by atoms with Crippen molar-refractivity contribution in [2.75, 3.05) is 14.2 Å². The van der Waals surface area contributed by atoms with Gasteiger partial charge < -0.3 is 9.47 Å². The summed E-state index contributed by atoms with van der Waals surface area (Å²) in [4.78, 5) is 23.0. The summed E-state index contributed by atoms with van der Waals surface area (Å²) < 4.78 is 9.22. The molecule has 0 unspecified atom stereocenters. The molecule has 0 amide bonds. The van der Waals surface area contributed by atoms with Gasteiger partial charge in [-0.2, -0.15) is 10.2 Å². The molecular formula is C10H10N4O4. The standard InChI is InChI=1S/C10H10N4O4/c1-17-9(15)5-3-11-13-7(5)8-6(4-12-14-8)10(16)18-2/h3-4H,1-2H3,(H,11,13)(H,12,14). The third-order valence-corrected chi connectivity index (χ3v) is 2.34. The van der Waals surface area contributed by atoms with Crippen molar-refractivity contribution >= 4 is 11.9 Å². The van der Waals surface area contributed by atoms with Crippen LogP contribution in [0.4, 0.5) is 0 Å². The van der Waals surface area contributed by atoms with E-state index < -0.39 is 11.9 Å². The molecule has 0 aliphatic carbocycles. The summed E-state index contributed by atoms with van der Waals surface area (Å²) in [6.45, 7) is 0. The van der Waals surface area contributed by atoms with Gasteiger partial charge in [0.25, 0.3) is 0 Å². The number of aromatic nitrogens is 4. The Balaban J connectivity index is 2.50. The summed E-state index contributed by atoms with van der Waals surface area (Å²) in [5.74, 6) is -1.13. The monoisotopic (exact) mass is 250 g/mol. The average Bonchev–Trinajstić information content (AvgIpc) is 3.04. The Labute approximate surface area is 101 Å². The normalized spacial score (nSPS) is 10.1. The van der Waals surface area contributed by atoms with Gasteiger partial charge in [-0.15, -0.1) is 0 Å². The molecule has 94 valence electrons. The summed E-state index contributed by atoms with van der Waals surface area (Å²) in [5.41, 5.74) is 1.04. The number of H-pyrrole nitrogens is 2. The molecule has 0 aliphatic rings. The first-order valence-electron chi connectivity index (χ1n) is 4.92. The first kappa shape index (κ1) is 11.8. The van der Waals surface area contributed by atoms with Crippen molar-refractivity contribution in [2.45, 2.75) is 0 Å². The number of aromatic amines is 2. The van der Waals surface area contributed by atoms with Gasteiger partial charge in [0.2, 0.25) is 0 Å². The molecular weight excluding hydrogens is 240 g/mol. The molecule has 2 aromatic heterocycles. The molecule has 0 saturated heterocycles. The number of esters is 2. The first-order valence-corrected chi connectivity index (χ1v) is 4.92. The van der Waals surface area contributed by atoms with E-state index in [0.717, 1.165) is 0 Å². The molecule has 0 spiro atoms. The maximum atomic E-state index is 11.5. The number of carbonyl (C=O) groups is 2. The molecule has 0 saturated carbocycles. The van der Waals surface area contributed by atoms with E-state index in [1.807, 2.05) is 0 Å². The van der Waals surface area contributed by atoms with E-state index in [4.69, 9.17) is 0 Å². The topological polar surface area (TPSA) is 110 Å². The van der Waals surface area contributed by atoms with Crippen LogP contribution in [0.1, 0.15) is 20.7 Å². The van der Waals surface area contributed by atoms with Crippen LogP contribution in [0.2, 0.25) is 0 Å². The van der Waals surface area contributed by atoms with E-state index in [1.54, 1.807) is 0 Å². The minimum absolute atomic E-state index is 0.201. The Kier molecular flexibility index (Phi) is 3.09. The van der Waals surface area contributed by atoms with Crippen molar-refractivity contribution in [1.29, 1.82) is 0 Å². The molecule has 0 radical (unpaired) electrons. The minimum atomic E-state index is -0.566. The van der Waals surface area contributed by atoms with Crippen LogP contribution in [0.15, 0.2) is 12.4 Å². The average molecular weight is 250 g/mol. The highest BCUT2D eigenvalue weighted by molar-refractivity contribution is 6.00. The molecule has 2 rings (SSSR count). The molecule has 18 heavy (non-hydrogen) atoms. The SMILES string of the molecule is COC(=O)c1cn[nH]c1-c1[nH]ncc1C(=O)OC. The van der Waals surface area contributed by atoms with Gasteiger partial charge in [0.1, 0.15) is 11.1 Å². The lowest BCUT2D eigenvalue weighted by molar-refractivity contribution is 0.0590. The largest absolute Gasteiger partial charge is 0.465 e. The van der Waals surface area contributed by atoms with E-state index in [1.165, 1.54) is 26.6 Å². The lowest BCUT2D eigenvalue weighted by Crippen LogP contribution is -2.05. The lowest BCUT2D eigenvalue weighted by Gasteiger charge is -2.01. The molecule has 0 atom stereocenters. The molecule has 2 heterocycles. The second kappa shape index (κ2) is 4.70. The van der Waals surface area contributed by atoms with Crippen LogP contribution in [0.5, 0.6) is 0 Å². The van der Waals surface area contributed by atoms with Crippen molar-refractivity contribution in [3.63, 3.8) is 0 Å². The fourth-order valence-electron chi connectivity index (χ4n) is 1.48. The number of hydrogen-bond donors (Lipinski definition) is 2. The molecule has 8 nitrogen and oxygen atoms in total. The maximum absolute atomic E-state index is 11.5. The Bertz CT molecular complexity index is 534. The van der Waals surface area contributed by atoms with Gasteiger partial charge >= 0.3 is 11.9 Å². The smallest absolute Gasteiger partial charge is 0.341 e. The fraction of sp³-hybridized carbons (Fsp3) is 0.200. The van der Waals surface area contributed by atoms with Gasteiger partial charge in [-0.3, -0.25) is 10.2 Å². The third-order valence-electron chi connectivity index (χ3n) is 2.34. The second-order valence-corrected chi connectivity index (χ2v) is 3.30. The van der Waals surface area contributed by atoms with Gasteiger partial charge in [0.15, 0.2) is 0 Å². The van der Waals surface area contributed by atoms with Crippen molar-refractivity contribution in [1.82, 2.24) is 20.4 Å². The van der Waals surface area contributed by atoms with Gasteiger partial charge in [-0.1, -0.05) is 0 Å². The summed E-state index contributed by atoms with van der Waals surface area (Å²) in [6, 6.07) is 0. The summed E-state index contributed by atoms with van der Waals surface area (Å²) in [5, 5.41) is 12.7. The minimum Gasteiger partial charge on any atom is -0.465 e. The first-order chi connectivity index (χ1) is 8.69. The number of methoxy groups -OCH3 is 2. The number of ether oxygens (including phenoxy) is 2.